The number of carbonyl (C=O) groups is 1. The van der Waals surface area contributed by atoms with Gasteiger partial charge in [-0.05, 0) is 24.8 Å². The lowest BCUT2D eigenvalue weighted by atomic mass is 10.3. The van der Waals surface area contributed by atoms with E-state index in [1.165, 1.54) is 0 Å². The molecule has 0 spiro atoms. The van der Waals surface area contributed by atoms with Gasteiger partial charge in [-0.1, -0.05) is 17.7 Å². The van der Waals surface area contributed by atoms with E-state index in [1.807, 2.05) is 24.5 Å². The minimum absolute atomic E-state index is 0.176. The molecule has 1 heterocycles. The minimum atomic E-state index is 0.176. The molecule has 0 aromatic heterocycles. The largest absolute Gasteiger partial charge is 0.311 e. The van der Waals surface area contributed by atoms with E-state index < -0.39 is 0 Å². The van der Waals surface area contributed by atoms with Gasteiger partial charge in [-0.25, -0.2) is 0 Å². The van der Waals surface area contributed by atoms with Gasteiger partial charge in [-0.15, -0.1) is 11.8 Å². The fourth-order valence-corrected chi connectivity index (χ4v) is 2.73. The van der Waals surface area contributed by atoms with Gasteiger partial charge in [0.2, 0.25) is 5.91 Å². The van der Waals surface area contributed by atoms with E-state index in [0.717, 1.165) is 23.5 Å². The van der Waals surface area contributed by atoms with Crippen LogP contribution in [-0.4, -0.2) is 18.7 Å². The molecule has 15 heavy (non-hydrogen) atoms. The van der Waals surface area contributed by atoms with Gasteiger partial charge in [0, 0.05) is 17.9 Å². The van der Waals surface area contributed by atoms with Crippen LogP contribution in [0.4, 0.5) is 5.69 Å². The zero-order valence-electron chi connectivity index (χ0n) is 8.50. The summed E-state index contributed by atoms with van der Waals surface area (Å²) in [7, 11) is 0. The fourth-order valence-electron chi connectivity index (χ4n) is 1.77. The summed E-state index contributed by atoms with van der Waals surface area (Å²) in [4.78, 5) is 14.4. The van der Waals surface area contributed by atoms with Gasteiger partial charge in [0.25, 0.3) is 0 Å². The van der Waals surface area contributed by atoms with E-state index in [4.69, 9.17) is 11.6 Å². The minimum Gasteiger partial charge on any atom is -0.311 e. The van der Waals surface area contributed by atoms with Crippen LogP contribution in [0.5, 0.6) is 0 Å². The molecule has 2 nitrogen and oxygen atoms in total. The van der Waals surface area contributed by atoms with E-state index >= 15 is 0 Å². The third-order valence-corrected chi connectivity index (χ3v) is 3.82. The Balaban J connectivity index is 2.39. The smallest absolute Gasteiger partial charge is 0.227 e. The number of rotatable bonds is 2. The Morgan fingerprint density at radius 1 is 1.47 bits per heavy atom. The highest BCUT2D eigenvalue weighted by molar-refractivity contribution is 7.98. The monoisotopic (exact) mass is 241 g/mol. The third kappa shape index (κ3) is 1.99. The molecule has 80 valence electrons. The summed E-state index contributed by atoms with van der Waals surface area (Å²) in [5.41, 5.74) is 0.853. The van der Waals surface area contributed by atoms with Crippen LogP contribution in [0, 0.1) is 0 Å². The topological polar surface area (TPSA) is 20.3 Å². The van der Waals surface area contributed by atoms with Crippen molar-refractivity contribution < 1.29 is 4.79 Å². The Labute approximate surface area is 98.6 Å². The van der Waals surface area contributed by atoms with Crippen LogP contribution in [0.25, 0.3) is 0 Å². The zero-order chi connectivity index (χ0) is 10.8. The van der Waals surface area contributed by atoms with Gasteiger partial charge in [0.15, 0.2) is 0 Å². The molecule has 1 aliphatic heterocycles. The summed E-state index contributed by atoms with van der Waals surface area (Å²) in [6.45, 7) is 0.788. The first-order valence-electron chi connectivity index (χ1n) is 4.87. The molecule has 4 heteroatoms. The first-order chi connectivity index (χ1) is 7.24. The van der Waals surface area contributed by atoms with E-state index in [1.54, 1.807) is 16.7 Å². The summed E-state index contributed by atoms with van der Waals surface area (Å²) >= 11 is 7.84. The predicted molar refractivity (Wildman–Crippen MR) is 64.8 cm³/mol. The van der Waals surface area contributed by atoms with Gasteiger partial charge in [-0.3, -0.25) is 4.79 Å². The molecule has 0 unspecified atom stereocenters. The van der Waals surface area contributed by atoms with Crippen LogP contribution in [0.3, 0.4) is 0 Å². The van der Waals surface area contributed by atoms with Crippen LogP contribution < -0.4 is 4.90 Å². The van der Waals surface area contributed by atoms with E-state index in [9.17, 15) is 4.79 Å². The average Bonchev–Trinajstić information content (AvgIpc) is 2.65. The lowest BCUT2D eigenvalue weighted by molar-refractivity contribution is -0.117. The number of anilines is 1. The van der Waals surface area contributed by atoms with Gasteiger partial charge in [-0.2, -0.15) is 0 Å². The summed E-state index contributed by atoms with van der Waals surface area (Å²) in [6, 6.07) is 5.82. The van der Waals surface area contributed by atoms with Crippen molar-refractivity contribution in [3.63, 3.8) is 0 Å². The number of hydrogen-bond donors (Lipinski definition) is 0. The third-order valence-electron chi connectivity index (χ3n) is 2.53. The van der Waals surface area contributed by atoms with E-state index in [-0.39, 0.29) is 5.91 Å². The number of benzene rings is 1. The zero-order valence-corrected chi connectivity index (χ0v) is 10.1. The highest BCUT2D eigenvalue weighted by Gasteiger charge is 2.24. The molecule has 1 aromatic rings. The van der Waals surface area contributed by atoms with Crippen LogP contribution in [0.15, 0.2) is 23.1 Å². The summed E-state index contributed by atoms with van der Waals surface area (Å²) in [6.07, 6.45) is 3.55. The van der Waals surface area contributed by atoms with Crippen molar-refractivity contribution in [3.05, 3.63) is 23.2 Å². The number of thioether (sulfide) groups is 1. The number of carbonyl (C=O) groups excluding carboxylic acids is 1. The van der Waals surface area contributed by atoms with Crippen LogP contribution in [-0.2, 0) is 4.79 Å². The van der Waals surface area contributed by atoms with E-state index in [2.05, 4.69) is 0 Å². The highest BCUT2D eigenvalue weighted by atomic mass is 35.5. The summed E-state index contributed by atoms with van der Waals surface area (Å²) < 4.78 is 0. The quantitative estimate of drug-likeness (QED) is 0.742. The van der Waals surface area contributed by atoms with Gasteiger partial charge >= 0.3 is 0 Å². The molecule has 1 amide bonds. The van der Waals surface area contributed by atoms with Crippen molar-refractivity contribution in [2.45, 2.75) is 17.7 Å². The molecule has 0 N–H and O–H groups in total. The molecular formula is C11H12ClNOS. The standard InChI is InChI=1S/C11H12ClNOS/c1-15-9-5-2-4-8(11(9)12)13-7-3-6-10(13)14/h2,4-5H,3,6-7H2,1H3. The number of amides is 1. The Bertz CT molecular complexity index is 394. The van der Waals surface area contributed by atoms with Crippen molar-refractivity contribution in [2.24, 2.45) is 0 Å². The van der Waals surface area contributed by atoms with Crippen LogP contribution in [0.2, 0.25) is 5.02 Å². The highest BCUT2D eigenvalue weighted by Crippen LogP contribution is 2.35. The van der Waals surface area contributed by atoms with Crippen LogP contribution >= 0.6 is 23.4 Å². The molecule has 0 saturated carbocycles. The maximum absolute atomic E-state index is 11.6. The fraction of sp³-hybridized carbons (Fsp3) is 0.364. The van der Waals surface area contributed by atoms with Gasteiger partial charge < -0.3 is 4.90 Å². The van der Waals surface area contributed by atoms with Crippen molar-refractivity contribution in [3.8, 4) is 0 Å². The molecule has 0 atom stereocenters. The molecular weight excluding hydrogens is 230 g/mol. The number of nitrogens with zero attached hydrogens (tertiary/aromatic N) is 1. The van der Waals surface area contributed by atoms with Crippen molar-refractivity contribution in [1.29, 1.82) is 0 Å². The summed E-state index contributed by atoms with van der Waals surface area (Å²) in [5, 5.41) is 0.695. The van der Waals surface area contributed by atoms with E-state index in [0.29, 0.717) is 11.4 Å². The SMILES string of the molecule is CSc1cccc(N2CCCC2=O)c1Cl. The van der Waals surface area contributed by atoms with Crippen LogP contribution in [0.1, 0.15) is 12.8 Å². The first kappa shape index (κ1) is 10.8. The van der Waals surface area contributed by atoms with Gasteiger partial charge in [0.05, 0.1) is 10.7 Å². The Morgan fingerprint density at radius 3 is 2.87 bits per heavy atom. The maximum Gasteiger partial charge on any atom is 0.227 e. The average molecular weight is 242 g/mol. The number of hydrogen-bond acceptors (Lipinski definition) is 2. The molecule has 2 rings (SSSR count). The maximum atomic E-state index is 11.6. The van der Waals surface area contributed by atoms with Gasteiger partial charge in [0.1, 0.15) is 0 Å². The summed E-state index contributed by atoms with van der Waals surface area (Å²) in [5.74, 6) is 0.176. The molecule has 0 radical (unpaired) electrons. The second-order valence-corrected chi connectivity index (χ2v) is 4.67. The number of halogens is 1. The molecule has 1 fully saturated rings. The Hall–Kier alpha value is -0.670. The second kappa shape index (κ2) is 4.45. The molecule has 1 aromatic carbocycles. The lowest BCUT2D eigenvalue weighted by Gasteiger charge is -2.18. The van der Waals surface area contributed by atoms with Crippen molar-refractivity contribution in [2.75, 3.05) is 17.7 Å². The van der Waals surface area contributed by atoms with Crippen molar-refractivity contribution in [1.82, 2.24) is 0 Å². The molecule has 0 aliphatic carbocycles. The molecule has 1 saturated heterocycles. The molecule has 1 aliphatic rings. The lowest BCUT2D eigenvalue weighted by Crippen LogP contribution is -2.23. The predicted octanol–water partition coefficient (Wildman–Crippen LogP) is 3.19. The molecule has 0 bridgehead atoms. The Kier molecular flexibility index (Phi) is 3.22. The first-order valence-corrected chi connectivity index (χ1v) is 6.47. The Morgan fingerprint density at radius 2 is 2.27 bits per heavy atom. The normalized spacial score (nSPS) is 16.1. The van der Waals surface area contributed by atoms with Crippen molar-refractivity contribution >= 4 is 35.0 Å². The second-order valence-electron chi connectivity index (χ2n) is 3.44.